The lowest BCUT2D eigenvalue weighted by Crippen LogP contribution is -2.11. The lowest BCUT2D eigenvalue weighted by Gasteiger charge is -2.11. The standard InChI is InChI=1S/C31H26NO6PS2/c33-40(34,29-19-17-28(39)18-20-29)30-7-4-8-31(21-30)41(35,36)38-27-15-11-24(12-16-27)32-22-23-9-13-26(14-10-23)37-25-5-2-1-3-6-25/h1-21,32H,22,39H2. The van der Waals surface area contributed by atoms with E-state index in [1.807, 2.05) is 54.6 Å². The summed E-state index contributed by atoms with van der Waals surface area (Å²) in [5.41, 5.74) is 1.80. The van der Waals surface area contributed by atoms with Crippen LogP contribution in [0.1, 0.15) is 5.56 Å². The molecular weight excluding hydrogens is 577 g/mol. The summed E-state index contributed by atoms with van der Waals surface area (Å²) in [4.78, 5) is -0.334. The van der Waals surface area contributed by atoms with Crippen LogP contribution in [-0.2, 0) is 26.5 Å². The van der Waals surface area contributed by atoms with Crippen LogP contribution in [0.5, 0.6) is 17.2 Å². The van der Waals surface area contributed by atoms with Gasteiger partial charge in [0.15, 0.2) is 0 Å². The first kappa shape index (κ1) is 28.4. The first-order valence-corrected chi connectivity index (χ1v) is 16.0. The van der Waals surface area contributed by atoms with Crippen molar-refractivity contribution in [2.24, 2.45) is 0 Å². The average Bonchev–Trinajstić information content (AvgIpc) is 2.98. The Morgan fingerprint density at radius 1 is 0.585 bits per heavy atom. The minimum atomic E-state index is -4.28. The van der Waals surface area contributed by atoms with Crippen molar-refractivity contribution in [3.8, 4) is 17.2 Å². The molecule has 0 bridgehead atoms. The smallest absolute Gasteiger partial charge is 0.339 e. The van der Waals surface area contributed by atoms with Gasteiger partial charge < -0.3 is 14.2 Å². The summed E-state index contributed by atoms with van der Waals surface area (Å²) in [6, 6.07) is 35.1. The van der Waals surface area contributed by atoms with E-state index in [4.69, 9.17) is 8.92 Å². The van der Waals surface area contributed by atoms with E-state index in [9.17, 15) is 16.8 Å². The molecule has 0 aliphatic heterocycles. The van der Waals surface area contributed by atoms with Crippen molar-refractivity contribution < 1.29 is 25.8 Å². The fraction of sp³-hybridized carbons (Fsp3) is 0.0323. The first-order chi connectivity index (χ1) is 19.7. The van der Waals surface area contributed by atoms with E-state index in [1.165, 1.54) is 42.5 Å². The maximum Gasteiger partial charge on any atom is 0.339 e. The SMILES string of the molecule is O=S(=O)(Oc1ccc(NCc2ccc(Oc3ccccc3)cc2)cc1)c1cccc(S(=O)(=O)c2ccc(P)cc2)c1. The third kappa shape index (κ3) is 7.13. The summed E-state index contributed by atoms with van der Waals surface area (Å²) in [5.74, 6) is 1.60. The minimum Gasteiger partial charge on any atom is -0.457 e. The molecule has 0 aromatic heterocycles. The van der Waals surface area contributed by atoms with Gasteiger partial charge >= 0.3 is 10.1 Å². The van der Waals surface area contributed by atoms with Crippen LogP contribution < -0.4 is 19.5 Å². The van der Waals surface area contributed by atoms with Gasteiger partial charge in [-0.1, -0.05) is 48.5 Å². The highest BCUT2D eigenvalue weighted by atomic mass is 32.2. The van der Waals surface area contributed by atoms with Crippen LogP contribution in [0.4, 0.5) is 5.69 Å². The Kier molecular flexibility index (Phi) is 8.40. The van der Waals surface area contributed by atoms with E-state index >= 15 is 0 Å². The second kappa shape index (κ2) is 12.1. The second-order valence-electron chi connectivity index (χ2n) is 9.02. The number of ether oxygens (including phenoxy) is 1. The second-order valence-corrected chi connectivity index (χ2v) is 13.2. The van der Waals surface area contributed by atoms with E-state index in [-0.39, 0.29) is 20.4 Å². The molecule has 0 aliphatic carbocycles. The van der Waals surface area contributed by atoms with Crippen LogP contribution in [0.3, 0.4) is 0 Å². The quantitative estimate of drug-likeness (QED) is 0.150. The predicted molar refractivity (Wildman–Crippen MR) is 162 cm³/mol. The number of para-hydroxylation sites is 1. The molecule has 7 nitrogen and oxygen atoms in total. The number of nitrogens with one attached hydrogen (secondary N) is 1. The molecule has 1 N–H and O–H groups in total. The number of hydrogen-bond acceptors (Lipinski definition) is 7. The molecule has 0 fully saturated rings. The molecule has 0 saturated carbocycles. The molecule has 5 aromatic carbocycles. The molecule has 0 saturated heterocycles. The van der Waals surface area contributed by atoms with E-state index in [0.29, 0.717) is 6.54 Å². The van der Waals surface area contributed by atoms with Crippen molar-refractivity contribution >= 4 is 40.2 Å². The van der Waals surface area contributed by atoms with Crippen molar-refractivity contribution in [2.75, 3.05) is 5.32 Å². The Morgan fingerprint density at radius 2 is 1.20 bits per heavy atom. The van der Waals surface area contributed by atoms with Gasteiger partial charge in [-0.3, -0.25) is 0 Å². The topological polar surface area (TPSA) is 98.8 Å². The maximum absolute atomic E-state index is 13.0. The van der Waals surface area contributed by atoms with Crippen LogP contribution in [0.15, 0.2) is 142 Å². The maximum atomic E-state index is 13.0. The molecule has 41 heavy (non-hydrogen) atoms. The van der Waals surface area contributed by atoms with Gasteiger partial charge in [-0.25, -0.2) is 8.42 Å². The summed E-state index contributed by atoms with van der Waals surface area (Å²) in [6.07, 6.45) is 0. The van der Waals surface area contributed by atoms with Crippen LogP contribution in [-0.4, -0.2) is 16.8 Å². The van der Waals surface area contributed by atoms with Crippen molar-refractivity contribution in [1.82, 2.24) is 0 Å². The fourth-order valence-corrected chi connectivity index (χ4v) is 6.44. The van der Waals surface area contributed by atoms with Gasteiger partial charge in [0.1, 0.15) is 22.1 Å². The molecule has 208 valence electrons. The van der Waals surface area contributed by atoms with Gasteiger partial charge in [-0.15, -0.1) is 9.24 Å². The van der Waals surface area contributed by atoms with Gasteiger partial charge in [-0.2, -0.15) is 8.42 Å². The molecule has 0 spiro atoms. The van der Waals surface area contributed by atoms with Crippen LogP contribution in [0.2, 0.25) is 0 Å². The van der Waals surface area contributed by atoms with E-state index < -0.39 is 20.0 Å². The highest BCUT2D eigenvalue weighted by molar-refractivity contribution is 7.91. The molecular formula is C31H26NO6PS2. The molecule has 0 aliphatic rings. The third-order valence-corrected chi connectivity index (χ3v) is 9.45. The molecule has 5 rings (SSSR count). The number of hydrogen-bond donors (Lipinski definition) is 1. The normalized spacial score (nSPS) is 11.5. The summed E-state index contributed by atoms with van der Waals surface area (Å²) in [7, 11) is -5.70. The largest absolute Gasteiger partial charge is 0.457 e. The first-order valence-electron chi connectivity index (χ1n) is 12.5. The predicted octanol–water partition coefficient (Wildman–Crippen LogP) is 6.19. The summed E-state index contributed by atoms with van der Waals surface area (Å²) < 4.78 is 63.1. The zero-order valence-corrected chi connectivity index (χ0v) is 24.5. The fourth-order valence-electron chi connectivity index (χ4n) is 3.89. The molecule has 0 amide bonds. The molecule has 0 radical (unpaired) electrons. The number of sulfone groups is 1. The van der Waals surface area contributed by atoms with Crippen molar-refractivity contribution in [2.45, 2.75) is 21.2 Å². The zero-order chi connectivity index (χ0) is 28.9. The van der Waals surface area contributed by atoms with E-state index in [0.717, 1.165) is 34.1 Å². The summed E-state index contributed by atoms with van der Waals surface area (Å²) in [5, 5.41) is 4.11. The molecule has 10 heteroatoms. The van der Waals surface area contributed by atoms with E-state index in [1.54, 1.807) is 24.3 Å². The van der Waals surface area contributed by atoms with Gasteiger partial charge in [0.05, 0.1) is 9.79 Å². The Bertz CT molecular complexity index is 1840. The Hall–Kier alpha value is -4.17. The zero-order valence-electron chi connectivity index (χ0n) is 21.7. The average molecular weight is 604 g/mol. The van der Waals surface area contributed by atoms with Crippen LogP contribution in [0, 0.1) is 0 Å². The highest BCUT2D eigenvalue weighted by Crippen LogP contribution is 2.26. The summed E-state index contributed by atoms with van der Waals surface area (Å²) in [6.45, 7) is 0.547. The van der Waals surface area contributed by atoms with Crippen LogP contribution in [0.25, 0.3) is 0 Å². The monoisotopic (exact) mass is 603 g/mol. The summed E-state index contributed by atoms with van der Waals surface area (Å²) >= 11 is 0. The lowest BCUT2D eigenvalue weighted by molar-refractivity contribution is 0.482. The Morgan fingerprint density at radius 3 is 1.88 bits per heavy atom. The molecule has 5 aromatic rings. The third-order valence-electron chi connectivity index (χ3n) is 6.05. The lowest BCUT2D eigenvalue weighted by atomic mass is 10.2. The number of rotatable bonds is 10. The highest BCUT2D eigenvalue weighted by Gasteiger charge is 2.23. The van der Waals surface area contributed by atoms with Crippen LogP contribution >= 0.6 is 9.24 Å². The van der Waals surface area contributed by atoms with Crippen molar-refractivity contribution in [3.05, 3.63) is 133 Å². The van der Waals surface area contributed by atoms with Gasteiger partial charge in [0.2, 0.25) is 9.84 Å². The molecule has 1 unspecified atom stereocenters. The number of anilines is 1. The van der Waals surface area contributed by atoms with Crippen molar-refractivity contribution in [1.29, 1.82) is 0 Å². The van der Waals surface area contributed by atoms with Crippen molar-refractivity contribution in [3.63, 3.8) is 0 Å². The molecule has 1 atom stereocenters. The van der Waals surface area contributed by atoms with Gasteiger partial charge in [0.25, 0.3) is 0 Å². The molecule has 0 heterocycles. The Labute approximate surface area is 242 Å². The van der Waals surface area contributed by atoms with E-state index in [2.05, 4.69) is 14.6 Å². The van der Waals surface area contributed by atoms with Gasteiger partial charge in [0, 0.05) is 12.2 Å². The Balaban J connectivity index is 1.21. The number of benzene rings is 5. The van der Waals surface area contributed by atoms with Gasteiger partial charge in [-0.05, 0) is 89.7 Å². The minimum absolute atomic E-state index is 0.0683.